The van der Waals surface area contributed by atoms with Crippen molar-refractivity contribution in [1.29, 1.82) is 5.26 Å². The molecule has 0 unspecified atom stereocenters. The Balaban J connectivity index is 2.45. The fourth-order valence-corrected chi connectivity index (χ4v) is 2.10. The maximum atomic E-state index is 11.5. The number of rotatable bonds is 3. The minimum atomic E-state index is -0.490. The molecule has 2 aromatic heterocycles. The number of esters is 1. The fourth-order valence-electron chi connectivity index (χ4n) is 1.42. The first-order valence-corrected chi connectivity index (χ1v) is 5.71. The van der Waals surface area contributed by atoms with Gasteiger partial charge in [0.2, 0.25) is 0 Å². The lowest BCUT2D eigenvalue weighted by Crippen LogP contribution is -2.11. The minimum Gasteiger partial charge on any atom is -0.464 e. The molecule has 0 aliphatic carbocycles. The molecule has 0 atom stereocenters. The van der Waals surface area contributed by atoms with Crippen LogP contribution in [0.5, 0.6) is 0 Å². The van der Waals surface area contributed by atoms with Crippen LogP contribution in [-0.4, -0.2) is 22.9 Å². The highest BCUT2D eigenvalue weighted by atomic mass is 32.1. The molecule has 2 heterocycles. The molecular formula is C11H9N3O2S. The van der Waals surface area contributed by atoms with Crippen molar-refractivity contribution in [2.45, 2.75) is 6.54 Å². The van der Waals surface area contributed by atoms with Crippen molar-refractivity contribution >= 4 is 17.3 Å². The molecule has 0 saturated carbocycles. The van der Waals surface area contributed by atoms with Crippen LogP contribution < -0.4 is 0 Å². The Labute approximate surface area is 102 Å². The molecule has 5 nitrogen and oxygen atoms in total. The second-order valence-corrected chi connectivity index (χ2v) is 4.15. The number of thiophene rings is 1. The quantitative estimate of drug-likeness (QED) is 0.777. The lowest BCUT2D eigenvalue weighted by molar-refractivity contribution is 0.0587. The Hall–Kier alpha value is -2.13. The van der Waals surface area contributed by atoms with Crippen molar-refractivity contribution in [3.63, 3.8) is 0 Å². The lowest BCUT2D eigenvalue weighted by Gasteiger charge is -1.99. The number of carbonyl (C=O) groups is 1. The second-order valence-electron chi connectivity index (χ2n) is 3.20. The normalized spacial score (nSPS) is 9.88. The first-order valence-electron chi connectivity index (χ1n) is 4.83. The summed E-state index contributed by atoms with van der Waals surface area (Å²) in [4.78, 5) is 12.5. The predicted octanol–water partition coefficient (Wildman–Crippen LogP) is 1.92. The molecule has 6 heteroatoms. The van der Waals surface area contributed by atoms with Gasteiger partial charge in [0, 0.05) is 0 Å². The van der Waals surface area contributed by atoms with Crippen molar-refractivity contribution < 1.29 is 9.53 Å². The van der Waals surface area contributed by atoms with Gasteiger partial charge in [0.1, 0.15) is 17.9 Å². The van der Waals surface area contributed by atoms with Crippen molar-refractivity contribution in [3.05, 3.63) is 29.3 Å². The highest BCUT2D eigenvalue weighted by Gasteiger charge is 2.16. The topological polar surface area (TPSA) is 67.9 Å². The molecule has 0 spiro atoms. The third-order valence-corrected chi connectivity index (χ3v) is 3.06. The fraction of sp³-hybridized carbons (Fsp3) is 0.182. The first-order chi connectivity index (χ1) is 8.26. The van der Waals surface area contributed by atoms with Gasteiger partial charge in [-0.2, -0.15) is 10.4 Å². The van der Waals surface area contributed by atoms with E-state index >= 15 is 0 Å². The Morgan fingerprint density at radius 3 is 3.12 bits per heavy atom. The standard InChI is InChI=1S/C11H9N3O2S/c1-16-11(15)9-7-8(10-3-2-6-17-10)13-14(9)5-4-12/h2-3,6-7H,5H2,1H3. The minimum absolute atomic E-state index is 0.0236. The molecule has 0 aromatic carbocycles. The van der Waals surface area contributed by atoms with Crippen molar-refractivity contribution in [1.82, 2.24) is 9.78 Å². The van der Waals surface area contributed by atoms with E-state index in [2.05, 4.69) is 9.84 Å². The summed E-state index contributed by atoms with van der Waals surface area (Å²) in [5.74, 6) is -0.490. The zero-order chi connectivity index (χ0) is 12.3. The molecule has 0 N–H and O–H groups in total. The SMILES string of the molecule is COC(=O)c1cc(-c2cccs2)nn1CC#N. The number of nitrogens with zero attached hydrogens (tertiary/aromatic N) is 3. The summed E-state index contributed by atoms with van der Waals surface area (Å²) in [6, 6.07) is 7.40. The van der Waals surface area contributed by atoms with E-state index in [-0.39, 0.29) is 12.2 Å². The van der Waals surface area contributed by atoms with Crippen LogP contribution in [0.1, 0.15) is 10.5 Å². The number of aromatic nitrogens is 2. The molecule has 17 heavy (non-hydrogen) atoms. The smallest absolute Gasteiger partial charge is 0.356 e. The summed E-state index contributed by atoms with van der Waals surface area (Å²) in [5.41, 5.74) is 0.966. The molecular weight excluding hydrogens is 238 g/mol. The monoisotopic (exact) mass is 247 g/mol. The number of carbonyl (C=O) groups excluding carboxylic acids is 1. The van der Waals surface area contributed by atoms with Gasteiger partial charge in [-0.1, -0.05) is 6.07 Å². The number of hydrogen-bond donors (Lipinski definition) is 0. The zero-order valence-corrected chi connectivity index (χ0v) is 9.90. The molecule has 0 aliphatic rings. The van der Waals surface area contributed by atoms with Gasteiger partial charge in [0.15, 0.2) is 0 Å². The molecule has 2 rings (SSSR count). The van der Waals surface area contributed by atoms with Gasteiger partial charge < -0.3 is 4.74 Å². The van der Waals surface area contributed by atoms with E-state index in [0.29, 0.717) is 5.69 Å². The van der Waals surface area contributed by atoms with Crippen LogP contribution in [0.4, 0.5) is 0 Å². The third-order valence-electron chi connectivity index (χ3n) is 2.17. The van der Waals surface area contributed by atoms with Crippen LogP contribution in [0.3, 0.4) is 0 Å². The Morgan fingerprint density at radius 1 is 1.71 bits per heavy atom. The van der Waals surface area contributed by atoms with Gasteiger partial charge in [0.25, 0.3) is 0 Å². The summed E-state index contributed by atoms with van der Waals surface area (Å²) >= 11 is 1.52. The zero-order valence-electron chi connectivity index (χ0n) is 9.08. The van der Waals surface area contributed by atoms with Crippen molar-refractivity contribution in [2.75, 3.05) is 7.11 Å². The van der Waals surface area contributed by atoms with Crippen molar-refractivity contribution in [3.8, 4) is 16.6 Å². The molecule has 0 amide bonds. The van der Waals surface area contributed by atoms with E-state index in [9.17, 15) is 4.79 Å². The summed E-state index contributed by atoms with van der Waals surface area (Å²) < 4.78 is 6.00. The van der Waals surface area contributed by atoms with E-state index in [1.54, 1.807) is 6.07 Å². The van der Waals surface area contributed by atoms with Gasteiger partial charge in [-0.15, -0.1) is 11.3 Å². The first kappa shape index (κ1) is 11.4. The summed E-state index contributed by atoms with van der Waals surface area (Å²) in [7, 11) is 1.30. The van der Waals surface area contributed by atoms with E-state index in [1.165, 1.54) is 23.1 Å². The van der Waals surface area contributed by atoms with Crippen LogP contribution in [-0.2, 0) is 11.3 Å². The molecule has 0 aliphatic heterocycles. The van der Waals surface area contributed by atoms with Gasteiger partial charge in [0.05, 0.1) is 18.1 Å². The maximum absolute atomic E-state index is 11.5. The third kappa shape index (κ3) is 2.19. The van der Waals surface area contributed by atoms with E-state index in [1.807, 2.05) is 23.6 Å². The maximum Gasteiger partial charge on any atom is 0.356 e. The Kier molecular flexibility index (Phi) is 3.21. The molecule has 0 radical (unpaired) electrons. The number of hydrogen-bond acceptors (Lipinski definition) is 5. The predicted molar refractivity (Wildman–Crippen MR) is 62.5 cm³/mol. The lowest BCUT2D eigenvalue weighted by atomic mass is 10.3. The van der Waals surface area contributed by atoms with Gasteiger partial charge >= 0.3 is 5.97 Å². The Morgan fingerprint density at radius 2 is 2.53 bits per heavy atom. The van der Waals surface area contributed by atoms with Gasteiger partial charge in [-0.25, -0.2) is 9.48 Å². The number of ether oxygens (including phenoxy) is 1. The van der Waals surface area contributed by atoms with Crippen LogP contribution in [0.15, 0.2) is 23.6 Å². The number of methoxy groups -OCH3 is 1. The molecule has 0 saturated heterocycles. The molecule has 2 aromatic rings. The molecule has 0 fully saturated rings. The van der Waals surface area contributed by atoms with E-state index in [4.69, 9.17) is 5.26 Å². The average Bonchev–Trinajstić information content (AvgIpc) is 2.96. The molecule has 0 bridgehead atoms. The molecule has 86 valence electrons. The average molecular weight is 247 g/mol. The van der Waals surface area contributed by atoms with E-state index < -0.39 is 5.97 Å². The van der Waals surface area contributed by atoms with Crippen LogP contribution in [0.2, 0.25) is 0 Å². The van der Waals surface area contributed by atoms with Crippen LogP contribution >= 0.6 is 11.3 Å². The van der Waals surface area contributed by atoms with Gasteiger partial charge in [-0.3, -0.25) is 0 Å². The number of nitriles is 1. The second kappa shape index (κ2) is 4.80. The summed E-state index contributed by atoms with van der Waals surface area (Å²) in [6.45, 7) is 0.0236. The van der Waals surface area contributed by atoms with Gasteiger partial charge in [-0.05, 0) is 17.5 Å². The highest BCUT2D eigenvalue weighted by molar-refractivity contribution is 7.13. The van der Waals surface area contributed by atoms with Crippen LogP contribution in [0.25, 0.3) is 10.6 Å². The van der Waals surface area contributed by atoms with Crippen LogP contribution in [0, 0.1) is 11.3 Å². The Bertz CT molecular complexity index is 566. The largest absolute Gasteiger partial charge is 0.464 e. The van der Waals surface area contributed by atoms with E-state index in [0.717, 1.165) is 4.88 Å². The highest BCUT2D eigenvalue weighted by Crippen LogP contribution is 2.24. The summed E-state index contributed by atoms with van der Waals surface area (Å²) in [5, 5.41) is 14.8. The van der Waals surface area contributed by atoms with Crippen molar-refractivity contribution in [2.24, 2.45) is 0 Å². The summed E-state index contributed by atoms with van der Waals surface area (Å²) in [6.07, 6.45) is 0.